The number of rotatable bonds is 3. The molecule has 23 heavy (non-hydrogen) atoms. The second-order valence-corrected chi connectivity index (χ2v) is 9.14. The first-order valence-electron chi connectivity index (χ1n) is 10.1. The number of esters is 1. The number of hydrogen-bond acceptors (Lipinski definition) is 2. The van der Waals surface area contributed by atoms with E-state index in [2.05, 4.69) is 19.1 Å². The van der Waals surface area contributed by atoms with Crippen LogP contribution in [0.15, 0.2) is 12.2 Å². The SMILES string of the molecule is CC(OC(=O)C1CC2CC1C1C3C=CC(C3)C21)C1CCCCC1. The summed E-state index contributed by atoms with van der Waals surface area (Å²) in [5.41, 5.74) is 0. The predicted octanol–water partition coefficient (Wildman–Crippen LogP) is 4.59. The fraction of sp³-hybridized carbons (Fsp3) is 0.857. The molecule has 2 nitrogen and oxygen atoms in total. The van der Waals surface area contributed by atoms with Crippen LogP contribution in [0.3, 0.4) is 0 Å². The Morgan fingerprint density at radius 1 is 1.00 bits per heavy atom. The summed E-state index contributed by atoms with van der Waals surface area (Å²) in [5.74, 6) is 5.79. The highest BCUT2D eigenvalue weighted by atomic mass is 16.5. The molecule has 5 aliphatic carbocycles. The van der Waals surface area contributed by atoms with E-state index in [9.17, 15) is 4.79 Å². The summed E-state index contributed by atoms with van der Waals surface area (Å²) in [4.78, 5) is 12.8. The van der Waals surface area contributed by atoms with Gasteiger partial charge in [-0.15, -0.1) is 0 Å². The molecule has 0 saturated heterocycles. The summed E-state index contributed by atoms with van der Waals surface area (Å²) in [6.07, 6.45) is 15.4. The van der Waals surface area contributed by atoms with Crippen molar-refractivity contribution in [1.29, 1.82) is 0 Å². The number of allylic oxidation sites excluding steroid dienone is 2. The van der Waals surface area contributed by atoms with Crippen molar-refractivity contribution in [3.8, 4) is 0 Å². The van der Waals surface area contributed by atoms with E-state index >= 15 is 0 Å². The molecule has 4 bridgehead atoms. The molecular weight excluding hydrogens is 284 g/mol. The van der Waals surface area contributed by atoms with Crippen LogP contribution in [0, 0.1) is 47.3 Å². The minimum Gasteiger partial charge on any atom is -0.462 e. The van der Waals surface area contributed by atoms with E-state index in [0.29, 0.717) is 11.8 Å². The lowest BCUT2D eigenvalue weighted by Crippen LogP contribution is -2.37. The van der Waals surface area contributed by atoms with Gasteiger partial charge in [0.1, 0.15) is 6.10 Å². The molecule has 8 unspecified atom stereocenters. The van der Waals surface area contributed by atoms with Crippen LogP contribution in [0.5, 0.6) is 0 Å². The van der Waals surface area contributed by atoms with Crippen molar-refractivity contribution in [2.24, 2.45) is 47.3 Å². The van der Waals surface area contributed by atoms with Crippen LogP contribution in [0.25, 0.3) is 0 Å². The van der Waals surface area contributed by atoms with Gasteiger partial charge in [-0.25, -0.2) is 0 Å². The van der Waals surface area contributed by atoms with E-state index in [0.717, 1.165) is 36.0 Å². The van der Waals surface area contributed by atoms with E-state index in [-0.39, 0.29) is 18.0 Å². The fourth-order valence-corrected chi connectivity index (χ4v) is 7.26. The number of fused-ring (bicyclic) bond motifs is 9. The minimum absolute atomic E-state index is 0.137. The van der Waals surface area contributed by atoms with Crippen LogP contribution in [0.2, 0.25) is 0 Å². The highest BCUT2D eigenvalue weighted by Crippen LogP contribution is 2.67. The van der Waals surface area contributed by atoms with E-state index in [1.807, 2.05) is 0 Å². The topological polar surface area (TPSA) is 26.3 Å². The van der Waals surface area contributed by atoms with Crippen LogP contribution in [-0.4, -0.2) is 12.1 Å². The van der Waals surface area contributed by atoms with E-state index in [4.69, 9.17) is 4.74 Å². The number of carbonyl (C=O) groups excluding carboxylic acids is 1. The standard InChI is InChI=1S/C21H30O2/c1-12(13-5-3-2-4-6-13)23-21(22)18-11-16-10-17(18)20-15-8-7-14(9-15)19(16)20/h7-8,12-20H,2-6,9-11H2,1H3. The summed E-state index contributed by atoms with van der Waals surface area (Å²) in [6, 6.07) is 0. The largest absolute Gasteiger partial charge is 0.462 e. The molecule has 126 valence electrons. The van der Waals surface area contributed by atoms with Gasteiger partial charge in [-0.05, 0) is 80.5 Å². The third-order valence-corrected chi connectivity index (χ3v) is 8.19. The number of hydrogen-bond donors (Lipinski definition) is 0. The van der Waals surface area contributed by atoms with E-state index < -0.39 is 0 Å². The Morgan fingerprint density at radius 2 is 1.74 bits per heavy atom. The number of ether oxygens (including phenoxy) is 1. The monoisotopic (exact) mass is 314 g/mol. The van der Waals surface area contributed by atoms with Crippen molar-refractivity contribution in [1.82, 2.24) is 0 Å². The maximum Gasteiger partial charge on any atom is 0.309 e. The Bertz CT molecular complexity index is 518. The second-order valence-electron chi connectivity index (χ2n) is 9.14. The van der Waals surface area contributed by atoms with Crippen molar-refractivity contribution >= 4 is 5.97 Å². The molecule has 0 aromatic rings. The highest BCUT2D eigenvalue weighted by molar-refractivity contribution is 5.74. The van der Waals surface area contributed by atoms with Gasteiger partial charge in [-0.3, -0.25) is 4.79 Å². The molecule has 0 aromatic carbocycles. The van der Waals surface area contributed by atoms with Crippen LogP contribution in [0.1, 0.15) is 58.3 Å². The zero-order valence-corrected chi connectivity index (χ0v) is 14.3. The van der Waals surface area contributed by atoms with Crippen LogP contribution in [-0.2, 0) is 9.53 Å². The Balaban J connectivity index is 1.25. The first kappa shape index (κ1) is 14.5. The molecule has 4 saturated carbocycles. The lowest BCUT2D eigenvalue weighted by atomic mass is 9.69. The molecule has 0 radical (unpaired) electrons. The molecule has 2 heteroatoms. The average Bonchev–Trinajstić information content (AvgIpc) is 3.33. The maximum absolute atomic E-state index is 12.8. The molecule has 0 aromatic heterocycles. The summed E-state index contributed by atoms with van der Waals surface area (Å²) >= 11 is 0. The van der Waals surface area contributed by atoms with Crippen molar-refractivity contribution in [2.75, 3.05) is 0 Å². The van der Waals surface area contributed by atoms with Crippen LogP contribution < -0.4 is 0 Å². The molecule has 8 atom stereocenters. The first-order valence-corrected chi connectivity index (χ1v) is 10.1. The second kappa shape index (κ2) is 5.36. The highest BCUT2D eigenvalue weighted by Gasteiger charge is 2.62. The molecule has 0 amide bonds. The van der Waals surface area contributed by atoms with Crippen molar-refractivity contribution < 1.29 is 9.53 Å². The molecule has 0 spiro atoms. The van der Waals surface area contributed by atoms with Gasteiger partial charge in [0.2, 0.25) is 0 Å². The lowest BCUT2D eigenvalue weighted by molar-refractivity contribution is -0.159. The summed E-state index contributed by atoms with van der Waals surface area (Å²) in [7, 11) is 0. The van der Waals surface area contributed by atoms with Crippen molar-refractivity contribution in [2.45, 2.75) is 64.4 Å². The molecule has 4 fully saturated rings. The van der Waals surface area contributed by atoms with Gasteiger partial charge in [0, 0.05) is 0 Å². The van der Waals surface area contributed by atoms with Gasteiger partial charge < -0.3 is 4.74 Å². The summed E-state index contributed by atoms with van der Waals surface area (Å²) < 4.78 is 6.00. The van der Waals surface area contributed by atoms with Crippen LogP contribution >= 0.6 is 0 Å². The molecule has 0 heterocycles. The Hall–Kier alpha value is -0.790. The van der Waals surface area contributed by atoms with Gasteiger partial charge >= 0.3 is 5.97 Å². The fourth-order valence-electron chi connectivity index (χ4n) is 7.26. The third kappa shape index (κ3) is 2.16. The molecular formula is C21H30O2. The van der Waals surface area contributed by atoms with Gasteiger partial charge in [0.05, 0.1) is 5.92 Å². The molecule has 5 aliphatic rings. The minimum atomic E-state index is 0.137. The van der Waals surface area contributed by atoms with Gasteiger partial charge in [0.15, 0.2) is 0 Å². The Morgan fingerprint density at radius 3 is 2.52 bits per heavy atom. The van der Waals surface area contributed by atoms with E-state index in [1.54, 1.807) is 0 Å². The van der Waals surface area contributed by atoms with Crippen LogP contribution in [0.4, 0.5) is 0 Å². The molecule has 5 rings (SSSR count). The normalized spacial score (nSPS) is 48.7. The molecule has 0 aliphatic heterocycles. The van der Waals surface area contributed by atoms with Gasteiger partial charge in [-0.1, -0.05) is 31.4 Å². The van der Waals surface area contributed by atoms with E-state index in [1.165, 1.54) is 44.9 Å². The smallest absolute Gasteiger partial charge is 0.309 e. The molecule has 0 N–H and O–H groups in total. The number of carbonyl (C=O) groups is 1. The van der Waals surface area contributed by atoms with Gasteiger partial charge in [0.25, 0.3) is 0 Å². The van der Waals surface area contributed by atoms with Gasteiger partial charge in [-0.2, -0.15) is 0 Å². The Kier molecular flexibility index (Phi) is 3.39. The third-order valence-electron chi connectivity index (χ3n) is 8.19. The summed E-state index contributed by atoms with van der Waals surface area (Å²) in [5, 5.41) is 0. The Labute approximate surface area is 140 Å². The maximum atomic E-state index is 12.8. The quantitative estimate of drug-likeness (QED) is 0.432. The zero-order valence-electron chi connectivity index (χ0n) is 14.3. The summed E-state index contributed by atoms with van der Waals surface area (Å²) in [6.45, 7) is 2.14. The average molecular weight is 314 g/mol. The first-order chi connectivity index (χ1) is 11.2. The van der Waals surface area contributed by atoms with Crippen molar-refractivity contribution in [3.05, 3.63) is 12.2 Å². The zero-order chi connectivity index (χ0) is 15.6. The predicted molar refractivity (Wildman–Crippen MR) is 89.6 cm³/mol. The van der Waals surface area contributed by atoms with Crippen molar-refractivity contribution in [3.63, 3.8) is 0 Å². The lowest BCUT2D eigenvalue weighted by Gasteiger charge is -2.36.